The van der Waals surface area contributed by atoms with E-state index in [-0.39, 0.29) is 34.5 Å². The molecule has 4 aliphatic carbocycles. The van der Waals surface area contributed by atoms with E-state index in [1.165, 1.54) is 6.92 Å². The summed E-state index contributed by atoms with van der Waals surface area (Å²) in [7, 11) is 0. The van der Waals surface area contributed by atoms with Crippen LogP contribution in [0.3, 0.4) is 0 Å². The Bertz CT molecular complexity index is 1030. The molecule has 186 valence electrons. The molecule has 34 heavy (non-hydrogen) atoms. The SMILES string of the molecule is C/C=C(/C)C(=O)O[C@H]1C(C)=CC23C(=O)C(C=C(CO)[C@@H](OC(C)=O)[C@]12O)[C@H]1[C@@H](C[C@H]3C)C1(C)C. The first-order chi connectivity index (χ1) is 15.8. The van der Waals surface area contributed by atoms with Crippen molar-refractivity contribution < 1.29 is 34.1 Å². The quantitative estimate of drug-likeness (QED) is 0.368. The van der Waals surface area contributed by atoms with Crippen LogP contribution in [0.25, 0.3) is 0 Å². The fourth-order valence-electron chi connectivity index (χ4n) is 7.22. The van der Waals surface area contributed by atoms with Crippen molar-refractivity contribution in [3.63, 3.8) is 0 Å². The van der Waals surface area contributed by atoms with Gasteiger partial charge in [-0.2, -0.15) is 0 Å². The van der Waals surface area contributed by atoms with Gasteiger partial charge in [-0.05, 0) is 61.5 Å². The number of esters is 2. The summed E-state index contributed by atoms with van der Waals surface area (Å²) in [4.78, 5) is 39.5. The topological polar surface area (TPSA) is 110 Å². The molecule has 7 heteroatoms. The fraction of sp³-hybridized carbons (Fsp3) is 0.667. The zero-order chi connectivity index (χ0) is 25.4. The van der Waals surface area contributed by atoms with Gasteiger partial charge in [-0.15, -0.1) is 0 Å². The molecule has 0 aliphatic heterocycles. The molecule has 0 aromatic carbocycles. The van der Waals surface area contributed by atoms with Crippen molar-refractivity contribution in [1.82, 2.24) is 0 Å². The summed E-state index contributed by atoms with van der Waals surface area (Å²) in [6.07, 6.45) is 3.20. The van der Waals surface area contributed by atoms with Crippen LogP contribution in [0.2, 0.25) is 0 Å². The standard InChI is InChI=1S/C27H36O7/c1-8-13(2)24(31)34-22-14(3)11-26-15(4)9-19-20(25(19,6)7)18(21(26)30)10-17(12-28)23(27(22,26)32)33-16(5)29/h8,10-11,15,18-20,22-23,28,32H,9,12H2,1-7H3/b13-8-/t15-,18?,19-,20+,22+,23-,26?,27-/m1/s1. The van der Waals surface area contributed by atoms with Gasteiger partial charge >= 0.3 is 11.9 Å². The zero-order valence-electron chi connectivity index (χ0n) is 21.0. The Labute approximate surface area is 200 Å². The summed E-state index contributed by atoms with van der Waals surface area (Å²) in [6.45, 7) is 12.0. The molecular formula is C27H36O7. The predicted molar refractivity (Wildman–Crippen MR) is 124 cm³/mol. The lowest BCUT2D eigenvalue weighted by atomic mass is 9.59. The van der Waals surface area contributed by atoms with Crippen LogP contribution in [0.4, 0.5) is 0 Å². The van der Waals surface area contributed by atoms with E-state index in [9.17, 15) is 24.6 Å². The molecule has 4 aliphatic rings. The van der Waals surface area contributed by atoms with Crippen molar-refractivity contribution in [1.29, 1.82) is 0 Å². The second-order valence-corrected chi connectivity index (χ2v) is 11.2. The van der Waals surface area contributed by atoms with Crippen molar-refractivity contribution >= 4 is 17.7 Å². The van der Waals surface area contributed by atoms with Gasteiger partial charge in [0.05, 0.1) is 12.0 Å². The highest BCUT2D eigenvalue weighted by Crippen LogP contribution is 2.71. The molecule has 4 rings (SSSR count). The van der Waals surface area contributed by atoms with Crippen LogP contribution in [0.1, 0.15) is 54.9 Å². The number of Topliss-reactive ketones (excluding diaryl/α,β-unsaturated/α-hetero) is 1. The van der Waals surface area contributed by atoms with Crippen molar-refractivity contribution in [3.05, 3.63) is 34.9 Å². The van der Waals surface area contributed by atoms with Crippen LogP contribution >= 0.6 is 0 Å². The van der Waals surface area contributed by atoms with Crippen molar-refractivity contribution in [2.75, 3.05) is 6.61 Å². The van der Waals surface area contributed by atoms with Crippen LogP contribution in [0, 0.1) is 34.5 Å². The highest BCUT2D eigenvalue weighted by Gasteiger charge is 2.77. The van der Waals surface area contributed by atoms with Crippen LogP contribution in [0.5, 0.6) is 0 Å². The van der Waals surface area contributed by atoms with E-state index in [1.54, 1.807) is 39.0 Å². The van der Waals surface area contributed by atoms with Gasteiger partial charge in [-0.1, -0.05) is 39.0 Å². The van der Waals surface area contributed by atoms with Gasteiger partial charge in [0.25, 0.3) is 0 Å². The minimum Gasteiger partial charge on any atom is -0.455 e. The molecule has 0 aromatic heterocycles. The van der Waals surface area contributed by atoms with E-state index in [4.69, 9.17) is 9.47 Å². The summed E-state index contributed by atoms with van der Waals surface area (Å²) in [6, 6.07) is 0. The number of carbonyl (C=O) groups excluding carboxylic acids is 3. The number of allylic oxidation sites excluding steroid dienone is 2. The lowest BCUT2D eigenvalue weighted by Crippen LogP contribution is -2.66. The van der Waals surface area contributed by atoms with Crippen LogP contribution in [-0.2, 0) is 23.9 Å². The molecule has 0 radical (unpaired) electrons. The van der Waals surface area contributed by atoms with Crippen LogP contribution < -0.4 is 0 Å². The largest absolute Gasteiger partial charge is 0.455 e. The van der Waals surface area contributed by atoms with Gasteiger partial charge in [-0.3, -0.25) is 9.59 Å². The second-order valence-electron chi connectivity index (χ2n) is 11.2. The molecule has 2 fully saturated rings. The number of ether oxygens (including phenoxy) is 2. The molecule has 0 amide bonds. The second kappa shape index (κ2) is 7.89. The third kappa shape index (κ3) is 3.05. The average Bonchev–Trinajstić information content (AvgIpc) is 3.26. The lowest BCUT2D eigenvalue weighted by molar-refractivity contribution is -0.210. The highest BCUT2D eigenvalue weighted by molar-refractivity contribution is 5.96. The Kier molecular flexibility index (Phi) is 5.77. The maximum absolute atomic E-state index is 14.4. The number of fused-ring (bicyclic) bond motifs is 3. The molecule has 8 atom stereocenters. The minimum atomic E-state index is -2.09. The van der Waals surface area contributed by atoms with Crippen molar-refractivity contribution in [3.8, 4) is 0 Å². The van der Waals surface area contributed by atoms with E-state index in [0.717, 1.165) is 0 Å². The van der Waals surface area contributed by atoms with Crippen LogP contribution in [0.15, 0.2) is 34.9 Å². The van der Waals surface area contributed by atoms with E-state index in [0.29, 0.717) is 17.6 Å². The van der Waals surface area contributed by atoms with Crippen molar-refractivity contribution in [2.24, 2.45) is 34.5 Å². The summed E-state index contributed by atoms with van der Waals surface area (Å²) in [5.74, 6) is -1.97. The Balaban J connectivity index is 1.97. The minimum absolute atomic E-state index is 0.0566. The van der Waals surface area contributed by atoms with Gasteiger partial charge in [0, 0.05) is 18.4 Å². The third-order valence-corrected chi connectivity index (χ3v) is 9.13. The van der Waals surface area contributed by atoms with E-state index in [2.05, 4.69) is 13.8 Å². The summed E-state index contributed by atoms with van der Waals surface area (Å²) in [5.41, 5.74) is -2.43. The van der Waals surface area contributed by atoms with Gasteiger partial charge in [0.2, 0.25) is 0 Å². The van der Waals surface area contributed by atoms with E-state index < -0.39 is 47.7 Å². The summed E-state index contributed by atoms with van der Waals surface area (Å²) < 4.78 is 11.5. The number of rotatable bonds is 4. The Morgan fingerprint density at radius 3 is 2.41 bits per heavy atom. The molecule has 2 unspecified atom stereocenters. The molecule has 2 saturated carbocycles. The third-order valence-electron chi connectivity index (χ3n) is 9.13. The molecule has 2 N–H and O–H groups in total. The van der Waals surface area contributed by atoms with Gasteiger partial charge in [-0.25, -0.2) is 4.79 Å². The first-order valence-corrected chi connectivity index (χ1v) is 12.1. The number of aliphatic hydroxyl groups excluding tert-OH is 1. The summed E-state index contributed by atoms with van der Waals surface area (Å²) in [5, 5.41) is 23.0. The molecule has 1 spiro atoms. The molecule has 0 saturated heterocycles. The Morgan fingerprint density at radius 1 is 1.21 bits per heavy atom. The first kappa shape index (κ1) is 24.9. The number of aliphatic hydroxyl groups is 2. The van der Waals surface area contributed by atoms with Crippen molar-refractivity contribution in [2.45, 2.75) is 72.7 Å². The summed E-state index contributed by atoms with van der Waals surface area (Å²) >= 11 is 0. The smallest absolute Gasteiger partial charge is 0.334 e. The molecule has 7 nitrogen and oxygen atoms in total. The maximum Gasteiger partial charge on any atom is 0.334 e. The van der Waals surface area contributed by atoms with Gasteiger partial charge in [0.1, 0.15) is 0 Å². The molecule has 0 aromatic rings. The van der Waals surface area contributed by atoms with E-state index in [1.807, 2.05) is 6.92 Å². The van der Waals surface area contributed by atoms with Gasteiger partial charge < -0.3 is 19.7 Å². The molecule has 2 bridgehead atoms. The zero-order valence-corrected chi connectivity index (χ0v) is 21.0. The fourth-order valence-corrected chi connectivity index (χ4v) is 7.22. The van der Waals surface area contributed by atoms with E-state index >= 15 is 0 Å². The highest BCUT2D eigenvalue weighted by atomic mass is 16.6. The lowest BCUT2D eigenvalue weighted by Gasteiger charge is -2.49. The number of ketones is 1. The number of carbonyl (C=O) groups is 3. The first-order valence-electron chi connectivity index (χ1n) is 12.1. The average molecular weight is 473 g/mol. The maximum atomic E-state index is 14.4. The Hall–Kier alpha value is -2.25. The monoisotopic (exact) mass is 472 g/mol. The van der Waals surface area contributed by atoms with Crippen LogP contribution in [-0.4, -0.2) is 52.4 Å². The normalized spacial score (nSPS) is 42.4. The molecule has 0 heterocycles. The number of hydrogen-bond donors (Lipinski definition) is 2. The Morgan fingerprint density at radius 2 is 1.85 bits per heavy atom. The van der Waals surface area contributed by atoms with Gasteiger partial charge in [0.15, 0.2) is 23.6 Å². The predicted octanol–water partition coefficient (Wildman–Crippen LogP) is 2.90. The number of hydrogen-bond acceptors (Lipinski definition) is 7. The molecular weight excluding hydrogens is 436 g/mol.